The van der Waals surface area contributed by atoms with Gasteiger partial charge >= 0.3 is 5.97 Å². The van der Waals surface area contributed by atoms with Crippen molar-refractivity contribution in [2.24, 2.45) is 0 Å². The van der Waals surface area contributed by atoms with E-state index in [0.717, 1.165) is 22.5 Å². The van der Waals surface area contributed by atoms with Gasteiger partial charge in [-0.1, -0.05) is 30.3 Å². The lowest BCUT2D eigenvalue weighted by Gasteiger charge is -2.15. The first-order chi connectivity index (χ1) is 10.1. The number of fused-ring (bicyclic) bond motifs is 1. The number of rotatable bonds is 4. The maximum absolute atomic E-state index is 11.2. The van der Waals surface area contributed by atoms with Gasteiger partial charge in [-0.3, -0.25) is 4.79 Å². The van der Waals surface area contributed by atoms with E-state index in [1.165, 1.54) is 0 Å². The fourth-order valence-electron chi connectivity index (χ4n) is 2.61. The number of imidazole rings is 1. The van der Waals surface area contributed by atoms with Crippen LogP contribution in [-0.2, 0) is 4.79 Å². The SMILES string of the molecule is Cc1ccn2c(C(CC(=O)O)c3ccccc3)cnc2c1. The maximum atomic E-state index is 11.2. The van der Waals surface area contributed by atoms with E-state index in [1.807, 2.05) is 60.0 Å². The standard InChI is InChI=1S/C17H16N2O2/c1-12-7-8-19-15(11-18-16(19)9-12)14(10-17(20)21)13-5-3-2-4-6-13/h2-9,11,14H,10H2,1H3,(H,20,21). The highest BCUT2D eigenvalue weighted by atomic mass is 16.4. The second kappa shape index (κ2) is 5.40. The van der Waals surface area contributed by atoms with Gasteiger partial charge in [0.05, 0.1) is 12.1 Å². The normalized spacial score (nSPS) is 12.4. The second-order valence-electron chi connectivity index (χ2n) is 5.18. The molecule has 0 saturated heterocycles. The topological polar surface area (TPSA) is 54.6 Å². The minimum Gasteiger partial charge on any atom is -0.481 e. The molecule has 0 fully saturated rings. The number of hydrogen-bond donors (Lipinski definition) is 1. The van der Waals surface area contributed by atoms with Gasteiger partial charge in [0.25, 0.3) is 0 Å². The quantitative estimate of drug-likeness (QED) is 0.798. The van der Waals surface area contributed by atoms with Gasteiger partial charge in [0, 0.05) is 18.3 Å². The molecule has 0 aliphatic heterocycles. The predicted molar refractivity (Wildman–Crippen MR) is 80.5 cm³/mol. The van der Waals surface area contributed by atoms with Crippen molar-refractivity contribution in [1.82, 2.24) is 9.38 Å². The molecule has 2 aromatic heterocycles. The van der Waals surface area contributed by atoms with Gasteiger partial charge in [-0.05, 0) is 30.2 Å². The number of pyridine rings is 1. The van der Waals surface area contributed by atoms with Crippen LogP contribution in [0.15, 0.2) is 54.9 Å². The molecule has 2 heterocycles. The van der Waals surface area contributed by atoms with Crippen molar-refractivity contribution in [3.05, 3.63) is 71.7 Å². The Kier molecular flexibility index (Phi) is 3.44. The highest BCUT2D eigenvalue weighted by Gasteiger charge is 2.21. The summed E-state index contributed by atoms with van der Waals surface area (Å²) in [6.45, 7) is 2.01. The third-order valence-electron chi connectivity index (χ3n) is 3.64. The van der Waals surface area contributed by atoms with Crippen LogP contribution < -0.4 is 0 Å². The zero-order valence-electron chi connectivity index (χ0n) is 11.7. The molecule has 1 unspecified atom stereocenters. The molecule has 0 aliphatic carbocycles. The van der Waals surface area contributed by atoms with Crippen molar-refractivity contribution in [1.29, 1.82) is 0 Å². The van der Waals surface area contributed by atoms with Gasteiger partial charge in [-0.15, -0.1) is 0 Å². The maximum Gasteiger partial charge on any atom is 0.304 e. The third kappa shape index (κ3) is 2.65. The summed E-state index contributed by atoms with van der Waals surface area (Å²) in [5.74, 6) is -1.02. The van der Waals surface area contributed by atoms with Gasteiger partial charge in [-0.2, -0.15) is 0 Å². The smallest absolute Gasteiger partial charge is 0.304 e. The number of aryl methyl sites for hydroxylation is 1. The number of carboxylic acids is 1. The van der Waals surface area contributed by atoms with E-state index in [9.17, 15) is 9.90 Å². The van der Waals surface area contributed by atoms with E-state index in [4.69, 9.17) is 0 Å². The average Bonchev–Trinajstić information content (AvgIpc) is 2.88. The molecule has 3 aromatic rings. The molecule has 4 heteroatoms. The molecule has 0 amide bonds. The number of carbonyl (C=O) groups is 1. The summed E-state index contributed by atoms with van der Waals surface area (Å²) in [5, 5.41) is 9.23. The molecule has 1 N–H and O–H groups in total. The molecule has 0 bridgehead atoms. The summed E-state index contributed by atoms with van der Waals surface area (Å²) in [4.78, 5) is 15.6. The van der Waals surface area contributed by atoms with Crippen LogP contribution in [0, 0.1) is 6.92 Å². The second-order valence-corrected chi connectivity index (χ2v) is 5.18. The highest BCUT2D eigenvalue weighted by Crippen LogP contribution is 2.28. The number of hydrogen-bond acceptors (Lipinski definition) is 2. The molecule has 1 atom stereocenters. The Labute approximate surface area is 122 Å². The van der Waals surface area contributed by atoms with Gasteiger partial charge in [0.15, 0.2) is 0 Å². The largest absolute Gasteiger partial charge is 0.481 e. The van der Waals surface area contributed by atoms with Gasteiger partial charge in [0.2, 0.25) is 0 Å². The summed E-state index contributed by atoms with van der Waals surface area (Å²) < 4.78 is 1.97. The van der Waals surface area contributed by atoms with E-state index < -0.39 is 5.97 Å². The molecular formula is C17H16N2O2. The third-order valence-corrected chi connectivity index (χ3v) is 3.64. The van der Waals surface area contributed by atoms with Crippen LogP contribution in [-0.4, -0.2) is 20.5 Å². The van der Waals surface area contributed by atoms with Crippen LogP contribution >= 0.6 is 0 Å². The van der Waals surface area contributed by atoms with Crippen molar-refractivity contribution < 1.29 is 9.90 Å². The van der Waals surface area contributed by atoms with Gasteiger partial charge < -0.3 is 9.51 Å². The summed E-state index contributed by atoms with van der Waals surface area (Å²) >= 11 is 0. The number of carboxylic acid groups (broad SMARTS) is 1. The van der Waals surface area contributed by atoms with Crippen molar-refractivity contribution in [2.45, 2.75) is 19.3 Å². The Morgan fingerprint density at radius 3 is 2.76 bits per heavy atom. The fraction of sp³-hybridized carbons (Fsp3) is 0.176. The summed E-state index contributed by atoms with van der Waals surface area (Å²) in [6, 6.07) is 13.7. The fourth-order valence-corrected chi connectivity index (χ4v) is 2.61. The first kappa shape index (κ1) is 13.4. The Morgan fingerprint density at radius 1 is 1.29 bits per heavy atom. The van der Waals surface area contributed by atoms with E-state index in [-0.39, 0.29) is 12.3 Å². The molecule has 1 aromatic carbocycles. The van der Waals surface area contributed by atoms with Crippen molar-refractivity contribution in [3.63, 3.8) is 0 Å². The molecule has 0 aliphatic rings. The minimum absolute atomic E-state index is 0.0473. The van der Waals surface area contributed by atoms with Crippen molar-refractivity contribution in [3.8, 4) is 0 Å². The average molecular weight is 280 g/mol. The van der Waals surface area contributed by atoms with E-state index in [1.54, 1.807) is 6.20 Å². The van der Waals surface area contributed by atoms with Crippen LogP contribution in [0.5, 0.6) is 0 Å². The van der Waals surface area contributed by atoms with Gasteiger partial charge in [-0.25, -0.2) is 4.98 Å². The van der Waals surface area contributed by atoms with Crippen molar-refractivity contribution >= 4 is 11.6 Å². The summed E-state index contributed by atoms with van der Waals surface area (Å²) in [6.07, 6.45) is 3.77. The predicted octanol–water partition coefficient (Wildman–Crippen LogP) is 3.25. The molecule has 3 rings (SSSR count). The molecule has 0 saturated carbocycles. The van der Waals surface area contributed by atoms with E-state index >= 15 is 0 Å². The molecule has 0 spiro atoms. The lowest BCUT2D eigenvalue weighted by molar-refractivity contribution is -0.137. The molecule has 4 nitrogen and oxygen atoms in total. The summed E-state index contributed by atoms with van der Waals surface area (Å²) in [7, 11) is 0. The Bertz CT molecular complexity index is 778. The Morgan fingerprint density at radius 2 is 2.05 bits per heavy atom. The van der Waals surface area contributed by atoms with Crippen LogP contribution in [0.1, 0.15) is 29.2 Å². The Balaban J connectivity index is 2.12. The van der Waals surface area contributed by atoms with Crippen LogP contribution in [0.4, 0.5) is 0 Å². The molecular weight excluding hydrogens is 264 g/mol. The van der Waals surface area contributed by atoms with E-state index in [2.05, 4.69) is 4.98 Å². The van der Waals surface area contributed by atoms with Crippen molar-refractivity contribution in [2.75, 3.05) is 0 Å². The van der Waals surface area contributed by atoms with Crippen LogP contribution in [0.2, 0.25) is 0 Å². The molecule has 106 valence electrons. The minimum atomic E-state index is -0.814. The first-order valence-electron chi connectivity index (χ1n) is 6.85. The monoisotopic (exact) mass is 280 g/mol. The number of benzene rings is 1. The zero-order valence-corrected chi connectivity index (χ0v) is 11.7. The van der Waals surface area contributed by atoms with Gasteiger partial charge in [0.1, 0.15) is 5.65 Å². The van der Waals surface area contributed by atoms with Crippen LogP contribution in [0.3, 0.4) is 0 Å². The molecule has 0 radical (unpaired) electrons. The van der Waals surface area contributed by atoms with E-state index in [0.29, 0.717) is 0 Å². The first-order valence-corrected chi connectivity index (χ1v) is 6.85. The lowest BCUT2D eigenvalue weighted by atomic mass is 9.93. The molecule has 21 heavy (non-hydrogen) atoms. The van der Waals surface area contributed by atoms with Crippen LogP contribution in [0.25, 0.3) is 5.65 Å². The number of aliphatic carboxylic acids is 1. The number of aromatic nitrogens is 2. The number of nitrogens with zero attached hydrogens (tertiary/aromatic N) is 2. The Hall–Kier alpha value is -2.62. The summed E-state index contributed by atoms with van der Waals surface area (Å²) in [5.41, 5.74) is 3.87. The highest BCUT2D eigenvalue weighted by molar-refractivity contribution is 5.69. The zero-order chi connectivity index (χ0) is 14.8. The lowest BCUT2D eigenvalue weighted by Crippen LogP contribution is -2.10.